The minimum Gasteiger partial charge on any atom is -0.368 e. The van der Waals surface area contributed by atoms with E-state index in [1.807, 2.05) is 0 Å². The average Bonchev–Trinajstić information content (AvgIpc) is 1.62. The Bertz CT molecular complexity index is 121. The Kier molecular flexibility index (Phi) is 0.569. The first kappa shape index (κ1) is 1.93. The molecule has 0 aliphatic carbocycles. The molecular formula is C3H8N2O. The number of carbonyl (C=O) groups excluding carboxylic acids is 1. The van der Waals surface area contributed by atoms with Crippen LogP contribution in [0, 0.1) is 0 Å². The second-order valence-electron chi connectivity index (χ2n) is 0.880. The molecule has 0 saturated carbocycles. The largest absolute Gasteiger partial charge is 0.368 e. The lowest BCUT2D eigenvalue weighted by molar-refractivity contribution is -0.118. The molecule has 0 saturated heterocycles. The number of nitrogens with two attached hydrogens (primary N) is 2. The van der Waals surface area contributed by atoms with Crippen molar-refractivity contribution in [2.24, 2.45) is 11.5 Å². The van der Waals surface area contributed by atoms with Crippen LogP contribution in [0.2, 0.25) is 0 Å². The van der Waals surface area contributed by atoms with E-state index in [1.165, 1.54) is 0 Å². The van der Waals surface area contributed by atoms with E-state index >= 15 is 0 Å². The zero-order valence-corrected chi connectivity index (χ0v) is 3.14. The van der Waals surface area contributed by atoms with Crippen molar-refractivity contribution in [3.63, 3.8) is 0 Å². The molecule has 0 unspecified atom stereocenters. The number of amides is 1. The molecule has 0 aromatic carbocycles. The number of carbonyl (C=O) groups is 1. The summed E-state index contributed by atoms with van der Waals surface area (Å²) in [6.07, 6.45) is 0. The van der Waals surface area contributed by atoms with Gasteiger partial charge in [-0.15, -0.1) is 0 Å². The predicted octanol–water partition coefficient (Wildman–Crippen LogP) is -1.18. The van der Waals surface area contributed by atoms with Crippen molar-refractivity contribution in [1.82, 2.24) is 0 Å². The van der Waals surface area contributed by atoms with Gasteiger partial charge in [0.2, 0.25) is 5.91 Å². The molecule has 0 aromatic heterocycles. The van der Waals surface area contributed by atoms with Gasteiger partial charge in [-0.2, -0.15) is 0 Å². The van der Waals surface area contributed by atoms with Crippen LogP contribution in [-0.4, -0.2) is 11.9 Å². The molecule has 0 rings (SSSR count). The summed E-state index contributed by atoms with van der Waals surface area (Å²) < 4.78 is 19.7. The number of hydrogen-bond acceptors (Lipinski definition) is 2. The number of primary amides is 1. The average molecular weight is 91.1 g/mol. The third-order valence-corrected chi connectivity index (χ3v) is 0.307. The van der Waals surface area contributed by atoms with Gasteiger partial charge in [-0.1, -0.05) is 0 Å². The summed E-state index contributed by atoms with van der Waals surface area (Å²) in [6, 6.07) is -1.54. The molecule has 4 N–H and O–H groups in total. The van der Waals surface area contributed by atoms with E-state index in [9.17, 15) is 4.79 Å². The first-order valence-corrected chi connectivity index (χ1v) is 1.40. The van der Waals surface area contributed by atoms with Crippen molar-refractivity contribution in [2.75, 3.05) is 0 Å². The molecule has 0 aliphatic heterocycles. The fourth-order valence-electron chi connectivity index (χ4n) is 0. The van der Waals surface area contributed by atoms with Gasteiger partial charge < -0.3 is 11.5 Å². The minimum absolute atomic E-state index is 1.00. The van der Waals surface area contributed by atoms with Gasteiger partial charge in [0.1, 0.15) is 0 Å². The summed E-state index contributed by atoms with van der Waals surface area (Å²) in [6.45, 7) is -2.47. The van der Waals surface area contributed by atoms with E-state index in [-0.39, 0.29) is 0 Å². The molecule has 0 aliphatic rings. The van der Waals surface area contributed by atoms with Gasteiger partial charge in [-0.25, -0.2) is 0 Å². The normalized spacial score (nSPS) is 23.2. The van der Waals surface area contributed by atoms with Crippen LogP contribution in [0.5, 0.6) is 0 Å². The van der Waals surface area contributed by atoms with Gasteiger partial charge in [0.25, 0.3) is 0 Å². The molecule has 1 atom stereocenters. The summed E-state index contributed by atoms with van der Waals surface area (Å²) in [7, 11) is 0. The molecule has 0 radical (unpaired) electrons. The maximum Gasteiger partial charge on any atom is 0.234 e. The van der Waals surface area contributed by atoms with Gasteiger partial charge in [0.05, 0.1) is 6.04 Å². The second kappa shape index (κ2) is 1.77. The van der Waals surface area contributed by atoms with Crippen LogP contribution in [-0.2, 0) is 4.79 Å². The quantitative estimate of drug-likeness (QED) is 0.426. The predicted molar refractivity (Wildman–Crippen MR) is 22.8 cm³/mol. The molecule has 0 fully saturated rings. The Balaban J connectivity index is 4.04. The van der Waals surface area contributed by atoms with Crippen LogP contribution in [0.1, 0.15) is 11.0 Å². The first-order chi connectivity index (χ1) is 3.85. The second-order valence-corrected chi connectivity index (χ2v) is 0.880. The number of hydrogen-bond donors (Lipinski definition) is 2. The number of rotatable bonds is 1. The van der Waals surface area contributed by atoms with Crippen LogP contribution < -0.4 is 11.5 Å². The highest BCUT2D eigenvalue weighted by molar-refractivity contribution is 5.78. The summed E-state index contributed by atoms with van der Waals surface area (Å²) >= 11 is 0. The highest BCUT2D eigenvalue weighted by Crippen LogP contribution is 1.64. The summed E-state index contributed by atoms with van der Waals surface area (Å²) in [4.78, 5) is 10.1. The Hall–Kier alpha value is -0.570. The maximum atomic E-state index is 10.1. The van der Waals surface area contributed by atoms with Crippen LogP contribution in [0.4, 0.5) is 0 Å². The molecule has 6 heavy (non-hydrogen) atoms. The van der Waals surface area contributed by atoms with Crippen LogP contribution >= 0.6 is 0 Å². The van der Waals surface area contributed by atoms with E-state index in [4.69, 9.17) is 9.85 Å². The van der Waals surface area contributed by atoms with Crippen LogP contribution in [0.15, 0.2) is 0 Å². The molecule has 1 amide bonds. The Morgan fingerprint density at radius 2 is 2.67 bits per heavy atom. The van der Waals surface area contributed by atoms with Crippen molar-refractivity contribution in [3.8, 4) is 0 Å². The molecular weight excluding hydrogens is 80.0 g/mol. The third-order valence-electron chi connectivity index (χ3n) is 0.307. The highest BCUT2D eigenvalue weighted by Gasteiger charge is 1.96. The van der Waals surface area contributed by atoms with Gasteiger partial charge in [-0.3, -0.25) is 4.79 Å². The minimum atomic E-state index is -2.47. The molecule has 3 nitrogen and oxygen atoms in total. The van der Waals surface area contributed by atoms with Gasteiger partial charge in [0, 0.05) is 4.11 Å². The van der Waals surface area contributed by atoms with Crippen molar-refractivity contribution < 1.29 is 8.91 Å². The third kappa shape index (κ3) is 1.72. The van der Waals surface area contributed by atoms with Gasteiger partial charge >= 0.3 is 0 Å². The lowest BCUT2D eigenvalue weighted by atomic mass is 10.4. The van der Waals surface area contributed by atoms with Crippen molar-refractivity contribution in [3.05, 3.63) is 0 Å². The molecule has 0 aromatic rings. The fourth-order valence-corrected chi connectivity index (χ4v) is 0. The van der Waals surface area contributed by atoms with Crippen LogP contribution in [0.25, 0.3) is 0 Å². The standard InChI is InChI=1S/C3H8N2O/c1-2(4)3(5)6/h2H,4H2,1H3,(H2,5,6)/t2-/m0/s1/i1D3. The zero-order valence-electron chi connectivity index (χ0n) is 6.14. The lowest BCUT2D eigenvalue weighted by Crippen LogP contribution is -2.32. The van der Waals surface area contributed by atoms with Crippen LogP contribution in [0.3, 0.4) is 0 Å². The fraction of sp³-hybridized carbons (Fsp3) is 0.667. The highest BCUT2D eigenvalue weighted by atomic mass is 16.1. The summed E-state index contributed by atoms with van der Waals surface area (Å²) in [5.41, 5.74) is 9.45. The van der Waals surface area contributed by atoms with Gasteiger partial charge in [-0.05, 0) is 6.85 Å². The van der Waals surface area contributed by atoms with Crippen molar-refractivity contribution >= 4 is 5.91 Å². The Morgan fingerprint density at radius 1 is 2.17 bits per heavy atom. The van der Waals surface area contributed by atoms with E-state index in [2.05, 4.69) is 5.73 Å². The summed E-state index contributed by atoms with van der Waals surface area (Å²) in [5, 5.41) is 0. The van der Waals surface area contributed by atoms with Crippen molar-refractivity contribution in [1.29, 1.82) is 0 Å². The zero-order chi connectivity index (χ0) is 7.65. The van der Waals surface area contributed by atoms with E-state index in [0.29, 0.717) is 0 Å². The molecule has 36 valence electrons. The van der Waals surface area contributed by atoms with E-state index < -0.39 is 18.8 Å². The van der Waals surface area contributed by atoms with Gasteiger partial charge in [0.15, 0.2) is 0 Å². The topological polar surface area (TPSA) is 69.1 Å². The first-order valence-electron chi connectivity index (χ1n) is 2.90. The smallest absolute Gasteiger partial charge is 0.234 e. The Morgan fingerprint density at radius 3 is 2.67 bits per heavy atom. The monoisotopic (exact) mass is 91.1 g/mol. The summed E-state index contributed by atoms with van der Waals surface area (Å²) in [5.74, 6) is -1.00. The molecule has 0 spiro atoms. The molecule has 0 heterocycles. The Labute approximate surface area is 40.5 Å². The SMILES string of the molecule is [2H]C([2H])([2H])[C@H](N)C(N)=O. The lowest BCUT2D eigenvalue weighted by Gasteiger charge is -1.91. The van der Waals surface area contributed by atoms with Crippen molar-refractivity contribution in [2.45, 2.75) is 12.9 Å². The molecule has 3 heteroatoms. The van der Waals surface area contributed by atoms with E-state index in [1.54, 1.807) is 0 Å². The van der Waals surface area contributed by atoms with E-state index in [0.717, 1.165) is 0 Å². The maximum absolute atomic E-state index is 10.1. The molecule has 0 bridgehead atoms.